The zero-order chi connectivity index (χ0) is 23.3. The van der Waals surface area contributed by atoms with Crippen molar-refractivity contribution in [1.82, 2.24) is 20.2 Å². The zero-order valence-electron chi connectivity index (χ0n) is 18.5. The van der Waals surface area contributed by atoms with Gasteiger partial charge in [-0.25, -0.2) is 9.97 Å². The van der Waals surface area contributed by atoms with E-state index in [2.05, 4.69) is 15.3 Å². The number of hydrogen-bond donors (Lipinski definition) is 3. The van der Waals surface area contributed by atoms with E-state index in [1.54, 1.807) is 13.8 Å². The topological polar surface area (TPSA) is 121 Å². The van der Waals surface area contributed by atoms with Gasteiger partial charge in [0.15, 0.2) is 0 Å². The molecule has 8 nitrogen and oxygen atoms in total. The molecule has 0 bridgehead atoms. The van der Waals surface area contributed by atoms with Gasteiger partial charge in [-0.1, -0.05) is 11.6 Å². The maximum atomic E-state index is 12.9. The van der Waals surface area contributed by atoms with Crippen molar-refractivity contribution < 1.29 is 14.7 Å². The molecule has 2 atom stereocenters. The van der Waals surface area contributed by atoms with Crippen molar-refractivity contribution in [1.29, 1.82) is 0 Å². The van der Waals surface area contributed by atoms with Crippen LogP contribution in [-0.2, 0) is 11.2 Å². The summed E-state index contributed by atoms with van der Waals surface area (Å²) in [5.41, 5.74) is 7.21. The van der Waals surface area contributed by atoms with Crippen LogP contribution >= 0.6 is 11.6 Å². The molecule has 32 heavy (non-hydrogen) atoms. The van der Waals surface area contributed by atoms with Gasteiger partial charge in [-0.05, 0) is 76.1 Å². The molecule has 2 amide bonds. The summed E-state index contributed by atoms with van der Waals surface area (Å²) in [6, 6.07) is 5.31. The quantitative estimate of drug-likeness (QED) is 0.570. The van der Waals surface area contributed by atoms with Crippen molar-refractivity contribution in [3.8, 4) is 5.75 Å². The highest BCUT2D eigenvalue weighted by Crippen LogP contribution is 2.27. The monoisotopic (exact) mass is 459 g/mol. The van der Waals surface area contributed by atoms with Crippen molar-refractivity contribution in [2.45, 2.75) is 52.0 Å². The first-order valence-electron chi connectivity index (χ1n) is 10.9. The maximum absolute atomic E-state index is 12.9. The number of anilines is 1. The highest BCUT2D eigenvalue weighted by molar-refractivity contribution is 6.30. The number of nitrogens with two attached hydrogens (primary N) is 1. The summed E-state index contributed by atoms with van der Waals surface area (Å²) in [5, 5.41) is 12.5. The molecule has 0 aliphatic carbocycles. The van der Waals surface area contributed by atoms with Crippen molar-refractivity contribution in [3.05, 3.63) is 46.4 Å². The van der Waals surface area contributed by atoms with Crippen molar-refractivity contribution >= 4 is 29.2 Å². The molecule has 0 radical (unpaired) electrons. The average molecular weight is 460 g/mol. The van der Waals surface area contributed by atoms with Crippen LogP contribution in [-0.4, -0.2) is 50.9 Å². The lowest BCUT2D eigenvalue weighted by Crippen LogP contribution is -2.47. The number of phenols is 1. The number of likely N-dealkylation sites (tertiary alicyclic amines) is 1. The molecule has 4 N–H and O–H groups in total. The minimum absolute atomic E-state index is 0.0861. The van der Waals surface area contributed by atoms with E-state index in [1.165, 1.54) is 24.3 Å². The Hall–Kier alpha value is -2.87. The standard InChI is InChI=1S/C23H30ClN5O3/c1-14(26-22(31)17-6-8-18(30)9-7-17)23(32)29-12-3-4-16(11-13-29)5-10-19-20(24)27-15(2)28-21(19)25/h6-9,14,16,30H,3-5,10-13H2,1-2H3,(H,26,31)(H2,25,27,28)/t14-,16?/m0/s1. The van der Waals surface area contributed by atoms with Crippen LogP contribution in [0.4, 0.5) is 5.82 Å². The third-order valence-corrected chi connectivity index (χ3v) is 6.22. The van der Waals surface area contributed by atoms with Crippen LogP contribution in [0.1, 0.15) is 54.4 Å². The normalized spacial score (nSPS) is 17.5. The summed E-state index contributed by atoms with van der Waals surface area (Å²) < 4.78 is 0. The third-order valence-electron chi connectivity index (χ3n) is 5.91. The van der Waals surface area contributed by atoms with Gasteiger partial charge in [0.25, 0.3) is 5.91 Å². The number of hydrogen-bond acceptors (Lipinski definition) is 6. The fraction of sp³-hybridized carbons (Fsp3) is 0.478. The smallest absolute Gasteiger partial charge is 0.251 e. The summed E-state index contributed by atoms with van der Waals surface area (Å²) in [6.45, 7) is 4.78. The molecule has 3 rings (SSSR count). The van der Waals surface area contributed by atoms with Gasteiger partial charge in [-0.2, -0.15) is 0 Å². The number of benzene rings is 1. The second kappa shape index (κ2) is 10.6. The number of aromatic nitrogens is 2. The number of nitrogens with zero attached hydrogens (tertiary/aromatic N) is 3. The Morgan fingerprint density at radius 1 is 1.25 bits per heavy atom. The van der Waals surface area contributed by atoms with Crippen LogP contribution in [0.3, 0.4) is 0 Å². The summed E-state index contributed by atoms with van der Waals surface area (Å²) in [5.74, 6) is 1.11. The first-order valence-corrected chi connectivity index (χ1v) is 11.3. The molecule has 1 aliphatic heterocycles. The molecule has 0 saturated carbocycles. The van der Waals surface area contributed by atoms with Crippen LogP contribution in [0.15, 0.2) is 24.3 Å². The Morgan fingerprint density at radius 3 is 2.66 bits per heavy atom. The molecular formula is C23H30ClN5O3. The van der Waals surface area contributed by atoms with Crippen LogP contribution in [0.5, 0.6) is 5.75 Å². The fourth-order valence-electron chi connectivity index (χ4n) is 4.06. The fourth-order valence-corrected chi connectivity index (χ4v) is 4.38. The molecule has 2 heterocycles. The van der Waals surface area contributed by atoms with Gasteiger partial charge < -0.3 is 21.1 Å². The van der Waals surface area contributed by atoms with Gasteiger partial charge in [-0.15, -0.1) is 0 Å². The molecule has 1 fully saturated rings. The van der Waals surface area contributed by atoms with Crippen molar-refractivity contribution in [2.24, 2.45) is 5.92 Å². The zero-order valence-corrected chi connectivity index (χ0v) is 19.2. The van der Waals surface area contributed by atoms with Gasteiger partial charge >= 0.3 is 0 Å². The number of nitrogen functional groups attached to an aromatic ring is 1. The molecule has 0 spiro atoms. The number of aryl methyl sites for hydroxylation is 1. The van der Waals surface area contributed by atoms with Gasteiger partial charge in [-0.3, -0.25) is 9.59 Å². The van der Waals surface area contributed by atoms with Crippen molar-refractivity contribution in [3.63, 3.8) is 0 Å². The molecule has 2 aromatic rings. The summed E-state index contributed by atoms with van der Waals surface area (Å²) in [4.78, 5) is 35.5. The number of aromatic hydroxyl groups is 1. The van der Waals surface area contributed by atoms with Crippen LogP contribution in [0.25, 0.3) is 0 Å². The molecule has 9 heteroatoms. The Balaban J connectivity index is 1.51. The molecule has 1 aliphatic rings. The predicted octanol–water partition coefficient (Wildman–Crippen LogP) is 3.11. The number of phenolic OH excluding ortho intramolecular Hbond substituents is 1. The number of amides is 2. The summed E-state index contributed by atoms with van der Waals surface area (Å²) in [7, 11) is 0. The molecule has 1 saturated heterocycles. The molecule has 1 unspecified atom stereocenters. The minimum Gasteiger partial charge on any atom is -0.508 e. The molecule has 172 valence electrons. The second-order valence-electron chi connectivity index (χ2n) is 8.33. The summed E-state index contributed by atoms with van der Waals surface area (Å²) in [6.07, 6.45) is 4.42. The average Bonchev–Trinajstić information content (AvgIpc) is 2.98. The Bertz CT molecular complexity index is 944. The van der Waals surface area contributed by atoms with Crippen LogP contribution in [0.2, 0.25) is 5.15 Å². The highest BCUT2D eigenvalue weighted by Gasteiger charge is 2.26. The third kappa shape index (κ3) is 6.09. The van der Waals surface area contributed by atoms with E-state index in [1.807, 2.05) is 4.90 Å². The first-order chi connectivity index (χ1) is 15.2. The maximum Gasteiger partial charge on any atom is 0.251 e. The highest BCUT2D eigenvalue weighted by atomic mass is 35.5. The van der Waals surface area contributed by atoms with E-state index >= 15 is 0 Å². The van der Waals surface area contributed by atoms with E-state index in [9.17, 15) is 14.7 Å². The molecule has 1 aromatic carbocycles. The Morgan fingerprint density at radius 2 is 1.97 bits per heavy atom. The number of carbonyl (C=O) groups is 2. The van der Waals surface area contributed by atoms with E-state index in [0.29, 0.717) is 47.8 Å². The van der Waals surface area contributed by atoms with Gasteiger partial charge in [0.1, 0.15) is 28.6 Å². The number of rotatable bonds is 6. The van der Waals surface area contributed by atoms with E-state index in [4.69, 9.17) is 17.3 Å². The molecule has 1 aromatic heterocycles. The lowest BCUT2D eigenvalue weighted by molar-refractivity contribution is -0.132. The van der Waals surface area contributed by atoms with Crippen LogP contribution in [0, 0.1) is 12.8 Å². The first kappa shape index (κ1) is 23.8. The largest absolute Gasteiger partial charge is 0.508 e. The Labute approximate surface area is 193 Å². The number of halogens is 1. The lowest BCUT2D eigenvalue weighted by atomic mass is 9.93. The van der Waals surface area contributed by atoms with Gasteiger partial charge in [0.05, 0.1) is 0 Å². The second-order valence-corrected chi connectivity index (χ2v) is 8.69. The van der Waals surface area contributed by atoms with E-state index in [0.717, 1.165) is 31.2 Å². The van der Waals surface area contributed by atoms with Gasteiger partial charge in [0, 0.05) is 24.2 Å². The predicted molar refractivity (Wildman–Crippen MR) is 123 cm³/mol. The lowest BCUT2D eigenvalue weighted by Gasteiger charge is -2.25. The van der Waals surface area contributed by atoms with E-state index in [-0.39, 0.29) is 17.6 Å². The van der Waals surface area contributed by atoms with Crippen molar-refractivity contribution in [2.75, 3.05) is 18.8 Å². The molecular weight excluding hydrogens is 430 g/mol. The number of carbonyl (C=O) groups excluding carboxylic acids is 2. The SMILES string of the molecule is Cc1nc(N)c(CCC2CCCN(C(=O)[C@H](C)NC(=O)c3ccc(O)cc3)CC2)c(Cl)n1. The number of nitrogens with one attached hydrogen (secondary N) is 1. The van der Waals surface area contributed by atoms with Crippen LogP contribution < -0.4 is 11.1 Å². The summed E-state index contributed by atoms with van der Waals surface area (Å²) >= 11 is 6.25. The van der Waals surface area contributed by atoms with E-state index < -0.39 is 6.04 Å². The minimum atomic E-state index is -0.629. The van der Waals surface area contributed by atoms with Gasteiger partial charge in [0.2, 0.25) is 5.91 Å². The Kier molecular flexibility index (Phi) is 7.90.